The average molecular weight is 218 g/mol. The molecular weight excluding hydrogens is 208 g/mol. The zero-order valence-electron chi connectivity index (χ0n) is 7.85. The molecule has 0 aliphatic carbocycles. The quantitative estimate of drug-likeness (QED) is 0.403. The molecule has 0 aromatic carbocycles. The van der Waals surface area contributed by atoms with Crippen molar-refractivity contribution in [1.29, 1.82) is 0 Å². The Morgan fingerprint density at radius 3 is 1.33 bits per heavy atom. The van der Waals surface area contributed by atoms with Gasteiger partial charge in [0.1, 0.15) is 26.7 Å². The summed E-state index contributed by atoms with van der Waals surface area (Å²) in [7, 11) is 0. The molecule has 15 heavy (non-hydrogen) atoms. The van der Waals surface area contributed by atoms with Crippen molar-refractivity contribution in [3.8, 4) is 0 Å². The van der Waals surface area contributed by atoms with Crippen LogP contribution in [-0.4, -0.2) is 63.2 Å². The number of hydrogen-bond acceptors (Lipinski definition) is 6. The van der Waals surface area contributed by atoms with Crippen molar-refractivity contribution in [3.05, 3.63) is 20.2 Å². The summed E-state index contributed by atoms with van der Waals surface area (Å²) >= 11 is 0. The Bertz CT molecular complexity index is 257. The first-order valence-electron chi connectivity index (χ1n) is 4.29. The molecule has 0 N–H and O–H groups in total. The minimum atomic E-state index is -0.485. The first kappa shape index (κ1) is 9.86. The molecule has 0 aromatic heterocycles. The van der Waals surface area contributed by atoms with Crippen LogP contribution in [0.25, 0.3) is 0 Å². The van der Waals surface area contributed by atoms with Crippen molar-refractivity contribution in [2.75, 3.05) is 33.3 Å². The third-order valence-corrected chi connectivity index (χ3v) is 2.31. The van der Waals surface area contributed by atoms with E-state index in [-0.39, 0.29) is 26.7 Å². The van der Waals surface area contributed by atoms with E-state index in [0.717, 1.165) is 10.0 Å². The molecule has 2 heterocycles. The third kappa shape index (κ3) is 1.89. The van der Waals surface area contributed by atoms with Crippen LogP contribution in [0.5, 0.6) is 0 Å². The van der Waals surface area contributed by atoms with Gasteiger partial charge in [-0.2, -0.15) is 0 Å². The molecule has 2 fully saturated rings. The highest BCUT2D eigenvalue weighted by Crippen LogP contribution is 2.13. The van der Waals surface area contributed by atoms with Gasteiger partial charge in [0.25, 0.3) is 0 Å². The topological polar surface area (TPSA) is 99.2 Å². The molecule has 2 aliphatic rings. The Morgan fingerprint density at radius 2 is 1.07 bits per heavy atom. The number of hydrogen-bond donors (Lipinski definition) is 0. The number of fused-ring (bicyclic) bond motifs is 2. The lowest BCUT2D eigenvalue weighted by molar-refractivity contribution is -0.693. The van der Waals surface area contributed by atoms with E-state index < -0.39 is 10.1 Å². The van der Waals surface area contributed by atoms with Gasteiger partial charge in [-0.3, -0.25) is 0 Å². The molecule has 0 radical (unpaired) electrons. The van der Waals surface area contributed by atoms with Gasteiger partial charge >= 0.3 is 0 Å². The lowest BCUT2D eigenvalue weighted by Crippen LogP contribution is -2.65. The fourth-order valence-corrected chi connectivity index (χ4v) is 1.77. The van der Waals surface area contributed by atoms with E-state index in [0.29, 0.717) is 6.67 Å². The van der Waals surface area contributed by atoms with Crippen LogP contribution >= 0.6 is 0 Å². The summed E-state index contributed by atoms with van der Waals surface area (Å²) in [4.78, 5) is 24.3. The van der Waals surface area contributed by atoms with Gasteiger partial charge in [-0.25, -0.2) is 30.0 Å². The first-order valence-corrected chi connectivity index (χ1v) is 4.29. The molecule has 10 nitrogen and oxygen atoms in total. The van der Waals surface area contributed by atoms with Crippen LogP contribution in [0, 0.1) is 20.2 Å². The molecule has 2 aliphatic heterocycles. The van der Waals surface area contributed by atoms with E-state index in [4.69, 9.17) is 0 Å². The Balaban J connectivity index is 2.02. The predicted molar refractivity (Wildman–Crippen MR) is 45.7 cm³/mol. The first-order chi connectivity index (χ1) is 7.06. The number of nitro groups is 2. The van der Waals surface area contributed by atoms with Crippen LogP contribution in [0.1, 0.15) is 0 Å². The van der Waals surface area contributed by atoms with Crippen molar-refractivity contribution in [3.63, 3.8) is 0 Å². The van der Waals surface area contributed by atoms with E-state index in [1.807, 2.05) is 0 Å². The summed E-state index contributed by atoms with van der Waals surface area (Å²) in [5.74, 6) is 0. The third-order valence-electron chi connectivity index (χ3n) is 2.31. The van der Waals surface area contributed by atoms with Crippen molar-refractivity contribution in [1.82, 2.24) is 19.8 Å². The van der Waals surface area contributed by atoms with Gasteiger partial charge < -0.3 is 0 Å². The van der Waals surface area contributed by atoms with Crippen molar-refractivity contribution in [2.24, 2.45) is 0 Å². The Labute approximate surface area is 84.5 Å². The maximum atomic E-state index is 10.5. The lowest BCUT2D eigenvalue weighted by Gasteiger charge is -2.43. The zero-order chi connectivity index (χ0) is 11.0. The van der Waals surface area contributed by atoms with Gasteiger partial charge in [0.2, 0.25) is 0 Å². The largest absolute Gasteiger partial charge is 0.245 e. The lowest BCUT2D eigenvalue weighted by atomic mass is 10.5. The van der Waals surface area contributed by atoms with E-state index in [1.54, 1.807) is 9.80 Å². The van der Waals surface area contributed by atoms with Crippen LogP contribution in [0.2, 0.25) is 0 Å². The van der Waals surface area contributed by atoms with Crippen LogP contribution in [0.15, 0.2) is 0 Å². The van der Waals surface area contributed by atoms with Crippen LogP contribution in [-0.2, 0) is 0 Å². The summed E-state index contributed by atoms with van der Waals surface area (Å²) in [6, 6.07) is 0. The minimum absolute atomic E-state index is 0.119. The average Bonchev–Trinajstić information content (AvgIpc) is 2.15. The Hall–Kier alpha value is -1.68. The van der Waals surface area contributed by atoms with Gasteiger partial charge in [0.05, 0.1) is 6.67 Å². The van der Waals surface area contributed by atoms with Gasteiger partial charge in [-0.1, -0.05) is 10.0 Å². The maximum Gasteiger partial charge on any atom is 0.162 e. The summed E-state index contributed by atoms with van der Waals surface area (Å²) in [5.41, 5.74) is 0. The molecule has 0 saturated carbocycles. The van der Waals surface area contributed by atoms with E-state index in [1.165, 1.54) is 0 Å². The fourth-order valence-electron chi connectivity index (χ4n) is 1.77. The van der Waals surface area contributed by atoms with Crippen molar-refractivity contribution in [2.45, 2.75) is 0 Å². The molecular formula is C5H10N6O4. The summed E-state index contributed by atoms with van der Waals surface area (Å²) in [5, 5.41) is 22.1. The minimum Gasteiger partial charge on any atom is -0.245 e. The molecule has 10 heteroatoms. The van der Waals surface area contributed by atoms with Crippen molar-refractivity contribution < 1.29 is 10.1 Å². The number of hydrazine groups is 2. The second-order valence-corrected chi connectivity index (χ2v) is 3.54. The van der Waals surface area contributed by atoms with Gasteiger partial charge in [0, 0.05) is 0 Å². The highest BCUT2D eigenvalue weighted by molar-refractivity contribution is 4.68. The monoisotopic (exact) mass is 218 g/mol. The smallest absolute Gasteiger partial charge is 0.162 e. The standard InChI is InChI=1S/C5H10N6O4/c12-10(13)8-2-6-1-7(4-8)5-9(3-6)11(14)15/h1-5H2. The fraction of sp³-hybridized carbons (Fsp3) is 1.00. The zero-order valence-corrected chi connectivity index (χ0v) is 7.85. The van der Waals surface area contributed by atoms with Crippen LogP contribution in [0.4, 0.5) is 0 Å². The molecule has 84 valence electrons. The number of nitrogens with zero attached hydrogens (tertiary/aromatic N) is 6. The Morgan fingerprint density at radius 1 is 0.733 bits per heavy atom. The SMILES string of the molecule is O=[N+]([O-])N1CN2CN(C1)CN([N+](=O)[O-])C2. The second kappa shape index (κ2) is 3.47. The normalized spacial score (nSPS) is 30.1. The van der Waals surface area contributed by atoms with Crippen LogP contribution in [0.3, 0.4) is 0 Å². The summed E-state index contributed by atoms with van der Waals surface area (Å²) < 4.78 is 0. The summed E-state index contributed by atoms with van der Waals surface area (Å²) in [6.45, 7) is 1.01. The predicted octanol–water partition coefficient (Wildman–Crippen LogP) is -1.61. The molecule has 0 unspecified atom stereocenters. The molecule has 0 spiro atoms. The van der Waals surface area contributed by atoms with E-state index in [2.05, 4.69) is 0 Å². The molecule has 0 atom stereocenters. The van der Waals surface area contributed by atoms with Gasteiger partial charge in [0.15, 0.2) is 10.1 Å². The number of rotatable bonds is 2. The molecule has 0 amide bonds. The summed E-state index contributed by atoms with van der Waals surface area (Å²) in [6.07, 6.45) is 0. The molecule has 2 saturated heterocycles. The van der Waals surface area contributed by atoms with Gasteiger partial charge in [-0.05, 0) is 0 Å². The van der Waals surface area contributed by atoms with Crippen LogP contribution < -0.4 is 0 Å². The highest BCUT2D eigenvalue weighted by Gasteiger charge is 2.37. The van der Waals surface area contributed by atoms with Crippen molar-refractivity contribution >= 4 is 0 Å². The molecule has 2 bridgehead atoms. The highest BCUT2D eigenvalue weighted by atomic mass is 16.7. The molecule has 2 rings (SSSR count). The van der Waals surface area contributed by atoms with E-state index in [9.17, 15) is 20.2 Å². The van der Waals surface area contributed by atoms with E-state index >= 15 is 0 Å². The molecule has 0 aromatic rings. The second-order valence-electron chi connectivity index (χ2n) is 3.54. The Kier molecular flexibility index (Phi) is 2.28. The van der Waals surface area contributed by atoms with Gasteiger partial charge in [-0.15, -0.1) is 0 Å². The maximum absolute atomic E-state index is 10.5.